The molecule has 9 heteroatoms. The summed E-state index contributed by atoms with van der Waals surface area (Å²) in [5, 5.41) is 0.711. The summed E-state index contributed by atoms with van der Waals surface area (Å²) in [7, 11) is 3.49. The minimum absolute atomic E-state index is 0.0318. The van der Waals surface area contributed by atoms with E-state index in [-0.39, 0.29) is 24.3 Å². The maximum Gasteiger partial charge on any atom is 0.309 e. The van der Waals surface area contributed by atoms with Gasteiger partial charge in [0.1, 0.15) is 11.6 Å². The summed E-state index contributed by atoms with van der Waals surface area (Å²) in [5.41, 5.74) is 1.07. The molecule has 1 aromatic heterocycles. The number of rotatable bonds is 8. The maximum absolute atomic E-state index is 12.7. The minimum Gasteiger partial charge on any atom is -0.497 e. The first-order valence-electron chi connectivity index (χ1n) is 10.1. The van der Waals surface area contributed by atoms with Gasteiger partial charge < -0.3 is 19.3 Å². The summed E-state index contributed by atoms with van der Waals surface area (Å²) < 4.78 is 14.8. The van der Waals surface area contributed by atoms with Crippen molar-refractivity contribution < 1.29 is 19.1 Å². The second-order valence-electron chi connectivity index (χ2n) is 7.28. The number of esters is 1. The Morgan fingerprint density at radius 2 is 2.07 bits per heavy atom. The van der Waals surface area contributed by atoms with E-state index in [1.165, 1.54) is 11.5 Å². The molecular formula is C21H28N4O4S. The van der Waals surface area contributed by atoms with Crippen molar-refractivity contribution in [3.8, 4) is 5.75 Å². The van der Waals surface area contributed by atoms with E-state index in [1.54, 1.807) is 7.11 Å². The van der Waals surface area contributed by atoms with Crippen LogP contribution in [0, 0.1) is 5.92 Å². The van der Waals surface area contributed by atoms with Gasteiger partial charge in [0.15, 0.2) is 0 Å². The monoisotopic (exact) mass is 432 g/mol. The fourth-order valence-corrected chi connectivity index (χ4v) is 4.07. The third-order valence-electron chi connectivity index (χ3n) is 5.12. The molecule has 0 saturated carbocycles. The first kappa shape index (κ1) is 22.0. The Balaban J connectivity index is 1.51. The average Bonchev–Trinajstić information content (AvgIpc) is 3.22. The molecule has 2 heterocycles. The predicted molar refractivity (Wildman–Crippen MR) is 115 cm³/mol. The fraction of sp³-hybridized carbons (Fsp3) is 0.524. The highest BCUT2D eigenvalue weighted by molar-refractivity contribution is 7.09. The van der Waals surface area contributed by atoms with Gasteiger partial charge in [-0.2, -0.15) is 4.37 Å². The smallest absolute Gasteiger partial charge is 0.309 e. The summed E-state index contributed by atoms with van der Waals surface area (Å²) in [4.78, 5) is 32.7. The van der Waals surface area contributed by atoms with Crippen LogP contribution in [0.4, 0.5) is 5.13 Å². The number of ether oxygens (including phenoxy) is 2. The Hall–Kier alpha value is -2.68. The highest BCUT2D eigenvalue weighted by atomic mass is 32.1. The minimum atomic E-state index is -0.154. The fourth-order valence-electron chi connectivity index (χ4n) is 3.43. The first-order chi connectivity index (χ1) is 14.5. The van der Waals surface area contributed by atoms with E-state index in [4.69, 9.17) is 9.47 Å². The Morgan fingerprint density at radius 3 is 2.77 bits per heavy atom. The van der Waals surface area contributed by atoms with E-state index in [9.17, 15) is 9.59 Å². The van der Waals surface area contributed by atoms with Crippen molar-refractivity contribution >= 4 is 28.5 Å². The molecule has 0 bridgehead atoms. The molecule has 3 rings (SSSR count). The topological polar surface area (TPSA) is 84.9 Å². The van der Waals surface area contributed by atoms with Crippen molar-refractivity contribution in [2.24, 2.45) is 5.92 Å². The van der Waals surface area contributed by atoms with Crippen LogP contribution in [0.2, 0.25) is 0 Å². The number of benzene rings is 1. The number of hydrogen-bond donors (Lipinski definition) is 0. The number of aromatic nitrogens is 2. The van der Waals surface area contributed by atoms with Crippen LogP contribution >= 0.6 is 11.5 Å². The van der Waals surface area contributed by atoms with Crippen molar-refractivity contribution in [1.82, 2.24) is 14.3 Å². The molecule has 1 aliphatic rings. The van der Waals surface area contributed by atoms with Crippen LogP contribution in [0.5, 0.6) is 5.75 Å². The third-order valence-corrected chi connectivity index (χ3v) is 5.99. The molecule has 8 nitrogen and oxygen atoms in total. The SMILES string of the molecule is CCOC(=O)C1CCN(C(=O)CN(C)c2nc(Cc3cccc(OC)c3)ns2)CC1. The molecule has 0 atom stereocenters. The molecule has 2 aromatic rings. The largest absolute Gasteiger partial charge is 0.497 e. The van der Waals surface area contributed by atoms with Crippen molar-refractivity contribution in [3.05, 3.63) is 35.7 Å². The molecule has 162 valence electrons. The quantitative estimate of drug-likeness (QED) is 0.592. The second kappa shape index (κ2) is 10.4. The molecule has 0 spiro atoms. The van der Waals surface area contributed by atoms with E-state index < -0.39 is 0 Å². The molecule has 1 aliphatic heterocycles. The van der Waals surface area contributed by atoms with Gasteiger partial charge in [0.05, 0.1) is 26.2 Å². The van der Waals surface area contributed by atoms with E-state index in [1.807, 2.05) is 48.0 Å². The average molecular weight is 433 g/mol. The Labute approximate surface area is 181 Å². The lowest BCUT2D eigenvalue weighted by molar-refractivity contribution is -0.151. The lowest BCUT2D eigenvalue weighted by Crippen LogP contribution is -2.44. The van der Waals surface area contributed by atoms with E-state index in [2.05, 4.69) is 9.36 Å². The highest BCUT2D eigenvalue weighted by Crippen LogP contribution is 2.22. The number of hydrogen-bond acceptors (Lipinski definition) is 8. The Morgan fingerprint density at radius 1 is 1.30 bits per heavy atom. The van der Waals surface area contributed by atoms with Crippen LogP contribution in [0.15, 0.2) is 24.3 Å². The van der Waals surface area contributed by atoms with Crippen LogP contribution in [0.1, 0.15) is 31.2 Å². The van der Waals surface area contributed by atoms with Crippen molar-refractivity contribution in [2.75, 3.05) is 45.3 Å². The number of methoxy groups -OCH3 is 1. The van der Waals surface area contributed by atoms with Crippen molar-refractivity contribution in [3.63, 3.8) is 0 Å². The molecule has 0 radical (unpaired) electrons. The van der Waals surface area contributed by atoms with Gasteiger partial charge in [-0.1, -0.05) is 12.1 Å². The van der Waals surface area contributed by atoms with Crippen LogP contribution in [0.3, 0.4) is 0 Å². The number of carbonyl (C=O) groups is 2. The molecule has 30 heavy (non-hydrogen) atoms. The third kappa shape index (κ3) is 5.69. The molecular weight excluding hydrogens is 404 g/mol. The zero-order valence-corrected chi connectivity index (χ0v) is 18.5. The van der Waals surface area contributed by atoms with Gasteiger partial charge in [0, 0.05) is 38.1 Å². The number of anilines is 1. The Kier molecular flexibility index (Phi) is 7.62. The predicted octanol–water partition coefficient (Wildman–Crippen LogP) is 2.38. The number of nitrogens with zero attached hydrogens (tertiary/aromatic N) is 4. The summed E-state index contributed by atoms with van der Waals surface area (Å²) in [5.74, 6) is 1.30. The molecule has 1 fully saturated rings. The number of likely N-dealkylation sites (tertiary alicyclic amines) is 1. The standard InChI is InChI=1S/C21H28N4O4S/c1-4-29-20(27)16-8-10-25(11-9-16)19(26)14-24(2)21-22-18(23-30-21)13-15-6-5-7-17(12-15)28-3/h5-7,12,16H,4,8-11,13-14H2,1-3H3. The molecule has 0 unspecified atom stereocenters. The van der Waals surface area contributed by atoms with E-state index in [0.29, 0.717) is 44.1 Å². The van der Waals surface area contributed by atoms with E-state index >= 15 is 0 Å². The molecule has 0 aliphatic carbocycles. The molecule has 1 aromatic carbocycles. The van der Waals surface area contributed by atoms with Gasteiger partial charge >= 0.3 is 5.97 Å². The summed E-state index contributed by atoms with van der Waals surface area (Å²) >= 11 is 1.29. The van der Waals surface area contributed by atoms with Crippen LogP contribution in [0.25, 0.3) is 0 Å². The zero-order valence-electron chi connectivity index (χ0n) is 17.7. The van der Waals surface area contributed by atoms with E-state index in [0.717, 1.165) is 17.1 Å². The number of carbonyl (C=O) groups excluding carboxylic acids is 2. The summed E-state index contributed by atoms with van der Waals surface area (Å²) in [6.45, 7) is 3.59. The van der Waals surface area contributed by atoms with Gasteiger partial charge in [-0.05, 0) is 37.5 Å². The van der Waals surface area contributed by atoms with Crippen LogP contribution < -0.4 is 9.64 Å². The first-order valence-corrected chi connectivity index (χ1v) is 10.9. The molecule has 1 amide bonds. The van der Waals surface area contributed by atoms with Gasteiger partial charge in [-0.3, -0.25) is 9.59 Å². The Bertz CT molecular complexity index is 864. The normalized spacial score (nSPS) is 14.4. The maximum atomic E-state index is 12.7. The van der Waals surface area contributed by atoms with Gasteiger partial charge in [-0.15, -0.1) is 0 Å². The molecule has 0 N–H and O–H groups in total. The van der Waals surface area contributed by atoms with Gasteiger partial charge in [0.25, 0.3) is 0 Å². The lowest BCUT2D eigenvalue weighted by Gasteiger charge is -2.32. The van der Waals surface area contributed by atoms with Gasteiger partial charge in [0.2, 0.25) is 11.0 Å². The van der Waals surface area contributed by atoms with Gasteiger partial charge in [-0.25, -0.2) is 4.98 Å². The van der Waals surface area contributed by atoms with Crippen molar-refractivity contribution in [1.29, 1.82) is 0 Å². The van der Waals surface area contributed by atoms with Crippen LogP contribution in [-0.4, -0.2) is 66.5 Å². The van der Waals surface area contributed by atoms with Crippen molar-refractivity contribution in [2.45, 2.75) is 26.2 Å². The lowest BCUT2D eigenvalue weighted by atomic mass is 9.97. The summed E-state index contributed by atoms with van der Waals surface area (Å²) in [6, 6.07) is 7.82. The number of likely N-dealkylation sites (N-methyl/N-ethyl adjacent to an activating group) is 1. The summed E-state index contributed by atoms with van der Waals surface area (Å²) in [6.07, 6.45) is 1.91. The highest BCUT2D eigenvalue weighted by Gasteiger charge is 2.28. The zero-order chi connectivity index (χ0) is 21.5. The number of piperidine rings is 1. The van der Waals surface area contributed by atoms with Crippen LogP contribution in [-0.2, 0) is 20.7 Å². The second-order valence-corrected chi connectivity index (χ2v) is 8.01. The number of amides is 1. The molecule has 1 saturated heterocycles.